The molecule has 0 aliphatic heterocycles. The first-order valence-electron chi connectivity index (χ1n) is 6.06. The van der Waals surface area contributed by atoms with E-state index in [0.717, 1.165) is 12.8 Å². The lowest BCUT2D eigenvalue weighted by atomic mass is 10.0. The minimum absolute atomic E-state index is 0.0133. The van der Waals surface area contributed by atoms with E-state index in [0.29, 0.717) is 13.2 Å². The fourth-order valence-electron chi connectivity index (χ4n) is 1.66. The molecule has 0 heterocycles. The van der Waals surface area contributed by atoms with Gasteiger partial charge in [0.2, 0.25) is 5.91 Å². The Morgan fingerprint density at radius 2 is 1.82 bits per heavy atom. The third kappa shape index (κ3) is 6.26. The van der Waals surface area contributed by atoms with E-state index in [1.54, 1.807) is 12.0 Å². The Morgan fingerprint density at radius 3 is 2.24 bits per heavy atom. The largest absolute Gasteiger partial charge is 0.481 e. The van der Waals surface area contributed by atoms with Crippen LogP contribution >= 0.6 is 0 Å². The minimum atomic E-state index is -0.884. The lowest BCUT2D eigenvalue weighted by Crippen LogP contribution is -2.39. The first-order valence-corrected chi connectivity index (χ1v) is 6.06. The van der Waals surface area contributed by atoms with Gasteiger partial charge in [0.1, 0.15) is 0 Å². The van der Waals surface area contributed by atoms with Gasteiger partial charge >= 0.3 is 5.97 Å². The Morgan fingerprint density at radius 1 is 1.24 bits per heavy atom. The van der Waals surface area contributed by atoms with Crippen molar-refractivity contribution in [3.8, 4) is 0 Å². The number of hydrogen-bond acceptors (Lipinski definition) is 3. The van der Waals surface area contributed by atoms with E-state index in [9.17, 15) is 9.59 Å². The molecule has 0 aromatic heterocycles. The van der Waals surface area contributed by atoms with Crippen molar-refractivity contribution in [2.24, 2.45) is 5.92 Å². The third-order valence-electron chi connectivity index (χ3n) is 2.81. The number of carbonyl (C=O) groups is 2. The van der Waals surface area contributed by atoms with Crippen molar-refractivity contribution in [2.75, 3.05) is 26.8 Å². The third-order valence-corrected chi connectivity index (χ3v) is 2.81. The van der Waals surface area contributed by atoms with Crippen molar-refractivity contribution in [1.29, 1.82) is 0 Å². The SMILES string of the molecule is CCC(CC)C(=O)N(CCOC)CCC(=O)O. The Balaban J connectivity index is 4.42. The predicted molar refractivity (Wildman–Crippen MR) is 64.8 cm³/mol. The van der Waals surface area contributed by atoms with Gasteiger partial charge in [0.05, 0.1) is 13.0 Å². The van der Waals surface area contributed by atoms with Crippen LogP contribution < -0.4 is 0 Å². The summed E-state index contributed by atoms with van der Waals surface area (Å²) < 4.78 is 4.93. The molecular weight excluding hydrogens is 222 g/mol. The van der Waals surface area contributed by atoms with E-state index in [-0.39, 0.29) is 24.8 Å². The molecule has 0 atom stereocenters. The van der Waals surface area contributed by atoms with Crippen LogP contribution in [-0.2, 0) is 14.3 Å². The summed E-state index contributed by atoms with van der Waals surface area (Å²) in [7, 11) is 1.57. The van der Waals surface area contributed by atoms with Crippen molar-refractivity contribution in [2.45, 2.75) is 33.1 Å². The molecule has 5 nitrogen and oxygen atoms in total. The fourth-order valence-corrected chi connectivity index (χ4v) is 1.66. The molecule has 17 heavy (non-hydrogen) atoms. The number of rotatable bonds is 9. The van der Waals surface area contributed by atoms with Crippen LogP contribution in [0.2, 0.25) is 0 Å². The summed E-state index contributed by atoms with van der Waals surface area (Å²) in [6, 6.07) is 0. The van der Waals surface area contributed by atoms with Gasteiger partial charge in [0.15, 0.2) is 0 Å². The van der Waals surface area contributed by atoms with Gasteiger partial charge in [-0.15, -0.1) is 0 Å². The molecule has 0 bridgehead atoms. The van der Waals surface area contributed by atoms with E-state index < -0.39 is 5.97 Å². The average molecular weight is 245 g/mol. The van der Waals surface area contributed by atoms with Gasteiger partial charge in [-0.2, -0.15) is 0 Å². The number of carbonyl (C=O) groups excluding carboxylic acids is 1. The number of carboxylic acid groups (broad SMARTS) is 1. The maximum Gasteiger partial charge on any atom is 0.305 e. The van der Waals surface area contributed by atoms with E-state index in [4.69, 9.17) is 9.84 Å². The van der Waals surface area contributed by atoms with Crippen LogP contribution in [0.4, 0.5) is 0 Å². The lowest BCUT2D eigenvalue weighted by molar-refractivity contribution is -0.140. The molecule has 1 N–H and O–H groups in total. The maximum absolute atomic E-state index is 12.1. The van der Waals surface area contributed by atoms with Gasteiger partial charge < -0.3 is 14.7 Å². The van der Waals surface area contributed by atoms with Crippen molar-refractivity contribution < 1.29 is 19.4 Å². The summed E-state index contributed by atoms with van der Waals surface area (Å²) in [5.41, 5.74) is 0. The molecule has 0 saturated heterocycles. The molecular formula is C12H23NO4. The highest BCUT2D eigenvalue weighted by Crippen LogP contribution is 2.12. The molecule has 0 fully saturated rings. The first kappa shape index (κ1) is 15.9. The molecule has 0 radical (unpaired) electrons. The highest BCUT2D eigenvalue weighted by molar-refractivity contribution is 5.79. The monoisotopic (exact) mass is 245 g/mol. The number of nitrogens with zero attached hydrogens (tertiary/aromatic N) is 1. The highest BCUT2D eigenvalue weighted by atomic mass is 16.5. The Bertz CT molecular complexity index is 239. The second kappa shape index (κ2) is 8.98. The van der Waals surface area contributed by atoms with E-state index in [1.807, 2.05) is 13.8 Å². The molecule has 1 amide bonds. The molecule has 0 unspecified atom stereocenters. The topological polar surface area (TPSA) is 66.8 Å². The zero-order chi connectivity index (χ0) is 13.3. The summed E-state index contributed by atoms with van der Waals surface area (Å²) in [6.07, 6.45) is 1.55. The van der Waals surface area contributed by atoms with Crippen molar-refractivity contribution in [3.63, 3.8) is 0 Å². The molecule has 0 spiro atoms. The second-order valence-corrected chi connectivity index (χ2v) is 3.98. The molecule has 0 rings (SSSR count). The highest BCUT2D eigenvalue weighted by Gasteiger charge is 2.21. The zero-order valence-corrected chi connectivity index (χ0v) is 10.9. The number of carboxylic acids is 1. The van der Waals surface area contributed by atoms with E-state index >= 15 is 0 Å². The van der Waals surface area contributed by atoms with Gasteiger partial charge in [0.25, 0.3) is 0 Å². The number of aliphatic carboxylic acids is 1. The molecule has 5 heteroatoms. The van der Waals surface area contributed by atoms with Crippen LogP contribution in [0, 0.1) is 5.92 Å². The molecule has 0 saturated carbocycles. The zero-order valence-electron chi connectivity index (χ0n) is 10.9. The first-order chi connectivity index (χ1) is 8.06. The van der Waals surface area contributed by atoms with Crippen molar-refractivity contribution in [1.82, 2.24) is 4.90 Å². The van der Waals surface area contributed by atoms with Crippen molar-refractivity contribution >= 4 is 11.9 Å². The van der Waals surface area contributed by atoms with Crippen LogP contribution in [0.25, 0.3) is 0 Å². The molecule has 0 aromatic carbocycles. The summed E-state index contributed by atoms with van der Waals surface area (Å²) >= 11 is 0. The summed E-state index contributed by atoms with van der Waals surface area (Å²) in [5.74, 6) is -0.862. The summed E-state index contributed by atoms with van der Waals surface area (Å²) in [5, 5.41) is 8.65. The van der Waals surface area contributed by atoms with Gasteiger partial charge in [-0.1, -0.05) is 13.8 Å². The average Bonchev–Trinajstić information content (AvgIpc) is 2.30. The maximum atomic E-state index is 12.1. The van der Waals surface area contributed by atoms with Crippen LogP contribution in [0.3, 0.4) is 0 Å². The minimum Gasteiger partial charge on any atom is -0.481 e. The number of amides is 1. The smallest absolute Gasteiger partial charge is 0.305 e. The van der Waals surface area contributed by atoms with Crippen LogP contribution in [0.5, 0.6) is 0 Å². The number of methoxy groups -OCH3 is 1. The summed E-state index contributed by atoms with van der Waals surface area (Å²) in [6.45, 7) is 5.09. The van der Waals surface area contributed by atoms with Crippen LogP contribution in [0.1, 0.15) is 33.1 Å². The van der Waals surface area contributed by atoms with Gasteiger partial charge in [-0.3, -0.25) is 9.59 Å². The molecule has 100 valence electrons. The summed E-state index contributed by atoms with van der Waals surface area (Å²) in [4.78, 5) is 24.2. The molecule has 0 aliphatic rings. The molecule has 0 aliphatic carbocycles. The predicted octanol–water partition coefficient (Wildman–Crippen LogP) is 1.37. The van der Waals surface area contributed by atoms with Gasteiger partial charge in [-0.25, -0.2) is 0 Å². The number of ether oxygens (including phenoxy) is 1. The quantitative estimate of drug-likeness (QED) is 0.666. The van der Waals surface area contributed by atoms with Crippen molar-refractivity contribution in [3.05, 3.63) is 0 Å². The standard InChI is InChI=1S/C12H23NO4/c1-4-10(5-2)12(16)13(8-9-17-3)7-6-11(14)15/h10H,4-9H2,1-3H3,(H,14,15). The van der Waals surface area contributed by atoms with E-state index in [2.05, 4.69) is 0 Å². The fraction of sp³-hybridized carbons (Fsp3) is 0.833. The molecule has 0 aromatic rings. The van der Waals surface area contributed by atoms with Crippen LogP contribution in [-0.4, -0.2) is 48.7 Å². The number of hydrogen-bond donors (Lipinski definition) is 1. The van der Waals surface area contributed by atoms with Gasteiger partial charge in [0, 0.05) is 26.1 Å². The van der Waals surface area contributed by atoms with E-state index in [1.165, 1.54) is 0 Å². The van der Waals surface area contributed by atoms with Crippen LogP contribution in [0.15, 0.2) is 0 Å². The Hall–Kier alpha value is -1.10. The lowest BCUT2D eigenvalue weighted by Gasteiger charge is -2.25. The Kier molecular flexibility index (Phi) is 8.40. The normalized spacial score (nSPS) is 10.6. The van der Waals surface area contributed by atoms with Gasteiger partial charge in [-0.05, 0) is 12.8 Å². The Labute approximate surface area is 103 Å². The second-order valence-electron chi connectivity index (χ2n) is 3.98.